The fraction of sp³-hybridized carbons (Fsp3) is 0.857. The highest BCUT2D eigenvalue weighted by atomic mass is 16.4. The number of hydrogen-bond acceptors (Lipinski definition) is 3. The molecule has 2 aliphatic rings. The smallest absolute Gasteiger partial charge is 0.309 e. The molecule has 0 unspecified atom stereocenters. The average Bonchev–Trinajstić information content (AvgIpc) is 3.54. The molecule has 2 saturated carbocycles. The molecular formula is C21H35N3O2. The highest BCUT2D eigenvalue weighted by Crippen LogP contribution is 2.51. The number of aromatic amines is 1. The van der Waals surface area contributed by atoms with Crippen LogP contribution in [0.5, 0.6) is 0 Å². The third-order valence-electron chi connectivity index (χ3n) is 6.64. The number of aliphatic carboxylic acids is 1. The molecule has 0 amide bonds. The molecular weight excluding hydrogens is 326 g/mol. The highest BCUT2D eigenvalue weighted by molar-refractivity contribution is 5.77. The second-order valence-corrected chi connectivity index (χ2v) is 8.74. The van der Waals surface area contributed by atoms with Gasteiger partial charge in [0.2, 0.25) is 0 Å². The van der Waals surface area contributed by atoms with Crippen LogP contribution in [0.2, 0.25) is 0 Å². The SMILES string of the molecule is O=C(O)C1(CCCCCCCCCCCCC2(c3ncn[nH]3)CC2)CC1. The highest BCUT2D eigenvalue weighted by Gasteiger charge is 2.49. The van der Waals surface area contributed by atoms with Gasteiger partial charge < -0.3 is 5.11 Å². The van der Waals surface area contributed by atoms with E-state index in [-0.39, 0.29) is 5.41 Å². The van der Waals surface area contributed by atoms with Crippen molar-refractivity contribution in [2.75, 3.05) is 0 Å². The van der Waals surface area contributed by atoms with Crippen molar-refractivity contribution in [1.29, 1.82) is 0 Å². The number of nitrogens with one attached hydrogen (secondary N) is 1. The number of rotatable bonds is 15. The number of nitrogens with zero attached hydrogens (tertiary/aromatic N) is 2. The Labute approximate surface area is 157 Å². The summed E-state index contributed by atoms with van der Waals surface area (Å²) in [5, 5.41) is 16.2. The second-order valence-electron chi connectivity index (χ2n) is 8.74. The molecule has 146 valence electrons. The Morgan fingerprint density at radius 2 is 1.42 bits per heavy atom. The van der Waals surface area contributed by atoms with Crippen LogP contribution in [0, 0.1) is 5.41 Å². The topological polar surface area (TPSA) is 78.9 Å². The monoisotopic (exact) mass is 361 g/mol. The van der Waals surface area contributed by atoms with Gasteiger partial charge in [-0.25, -0.2) is 4.98 Å². The number of aromatic nitrogens is 3. The fourth-order valence-corrected chi connectivity index (χ4v) is 4.28. The largest absolute Gasteiger partial charge is 0.481 e. The first kappa shape index (κ1) is 19.4. The van der Waals surface area contributed by atoms with Crippen LogP contribution in [-0.4, -0.2) is 26.3 Å². The van der Waals surface area contributed by atoms with Crippen molar-refractivity contribution in [2.24, 2.45) is 5.41 Å². The van der Waals surface area contributed by atoms with E-state index in [2.05, 4.69) is 15.2 Å². The molecule has 1 aromatic rings. The number of carboxylic acid groups (broad SMARTS) is 1. The quantitative estimate of drug-likeness (QED) is 0.411. The number of unbranched alkanes of at least 4 members (excludes halogenated alkanes) is 9. The Bertz CT molecular complexity index is 548. The van der Waals surface area contributed by atoms with Crippen molar-refractivity contribution in [3.8, 4) is 0 Å². The maximum Gasteiger partial charge on any atom is 0.309 e. The Morgan fingerprint density at radius 1 is 0.885 bits per heavy atom. The molecule has 5 nitrogen and oxygen atoms in total. The minimum absolute atomic E-state index is 0.313. The van der Waals surface area contributed by atoms with Gasteiger partial charge in [-0.2, -0.15) is 5.10 Å². The van der Waals surface area contributed by atoms with Crippen LogP contribution in [0.4, 0.5) is 0 Å². The summed E-state index contributed by atoms with van der Waals surface area (Å²) >= 11 is 0. The van der Waals surface area contributed by atoms with Gasteiger partial charge >= 0.3 is 5.97 Å². The van der Waals surface area contributed by atoms with E-state index in [1.807, 2.05) is 0 Å². The van der Waals surface area contributed by atoms with E-state index in [0.717, 1.165) is 31.5 Å². The molecule has 26 heavy (non-hydrogen) atoms. The van der Waals surface area contributed by atoms with E-state index in [1.54, 1.807) is 6.33 Å². The van der Waals surface area contributed by atoms with Crippen molar-refractivity contribution in [2.45, 2.75) is 108 Å². The van der Waals surface area contributed by atoms with Crippen LogP contribution in [0.15, 0.2) is 6.33 Å². The van der Waals surface area contributed by atoms with Gasteiger partial charge in [-0.1, -0.05) is 64.2 Å². The van der Waals surface area contributed by atoms with Gasteiger partial charge in [0.15, 0.2) is 0 Å². The minimum Gasteiger partial charge on any atom is -0.481 e. The molecule has 0 bridgehead atoms. The van der Waals surface area contributed by atoms with E-state index in [4.69, 9.17) is 5.11 Å². The number of carboxylic acids is 1. The normalized spacial score (nSPS) is 19.4. The summed E-state index contributed by atoms with van der Waals surface area (Å²) in [4.78, 5) is 15.5. The maximum absolute atomic E-state index is 11.1. The summed E-state index contributed by atoms with van der Waals surface area (Å²) in [6, 6.07) is 0. The van der Waals surface area contributed by atoms with Gasteiger partial charge in [0.25, 0.3) is 0 Å². The van der Waals surface area contributed by atoms with E-state index in [1.165, 1.54) is 77.0 Å². The maximum atomic E-state index is 11.1. The zero-order valence-electron chi connectivity index (χ0n) is 16.1. The molecule has 0 atom stereocenters. The summed E-state index contributed by atoms with van der Waals surface area (Å²) < 4.78 is 0. The van der Waals surface area contributed by atoms with Crippen LogP contribution >= 0.6 is 0 Å². The minimum atomic E-state index is -0.564. The second kappa shape index (κ2) is 9.01. The zero-order chi connectivity index (χ0) is 18.3. The van der Waals surface area contributed by atoms with Crippen molar-refractivity contribution < 1.29 is 9.90 Å². The Morgan fingerprint density at radius 3 is 1.85 bits per heavy atom. The van der Waals surface area contributed by atoms with Gasteiger partial charge in [-0.3, -0.25) is 9.89 Å². The van der Waals surface area contributed by atoms with Gasteiger partial charge in [-0.05, 0) is 38.5 Å². The summed E-state index contributed by atoms with van der Waals surface area (Å²) in [5.41, 5.74) is 0.0304. The molecule has 0 radical (unpaired) electrons. The molecule has 5 heteroatoms. The van der Waals surface area contributed by atoms with Crippen LogP contribution in [-0.2, 0) is 10.2 Å². The van der Waals surface area contributed by atoms with Crippen LogP contribution < -0.4 is 0 Å². The number of carbonyl (C=O) groups is 1. The number of hydrogen-bond donors (Lipinski definition) is 2. The van der Waals surface area contributed by atoms with E-state index in [9.17, 15) is 4.79 Å². The van der Waals surface area contributed by atoms with Crippen molar-refractivity contribution in [3.05, 3.63) is 12.2 Å². The van der Waals surface area contributed by atoms with Gasteiger partial charge in [0.1, 0.15) is 12.2 Å². The average molecular weight is 362 g/mol. The van der Waals surface area contributed by atoms with Crippen molar-refractivity contribution in [1.82, 2.24) is 15.2 Å². The molecule has 1 aromatic heterocycles. The van der Waals surface area contributed by atoms with Gasteiger partial charge in [0.05, 0.1) is 5.41 Å². The zero-order valence-corrected chi connectivity index (χ0v) is 16.1. The van der Waals surface area contributed by atoms with Crippen LogP contribution in [0.25, 0.3) is 0 Å². The predicted octanol–water partition coefficient (Wildman–Crippen LogP) is 5.38. The third-order valence-corrected chi connectivity index (χ3v) is 6.64. The lowest BCUT2D eigenvalue weighted by atomic mass is 9.96. The molecule has 0 spiro atoms. The summed E-state index contributed by atoms with van der Waals surface area (Å²) in [6.45, 7) is 0. The van der Waals surface area contributed by atoms with Crippen molar-refractivity contribution in [3.63, 3.8) is 0 Å². The third kappa shape index (κ3) is 5.31. The number of H-pyrrole nitrogens is 1. The molecule has 1 heterocycles. The van der Waals surface area contributed by atoms with E-state index >= 15 is 0 Å². The first-order valence-corrected chi connectivity index (χ1v) is 10.8. The van der Waals surface area contributed by atoms with E-state index in [0.29, 0.717) is 5.41 Å². The molecule has 2 fully saturated rings. The van der Waals surface area contributed by atoms with Crippen LogP contribution in [0.1, 0.15) is 109 Å². The molecule has 2 aliphatic carbocycles. The summed E-state index contributed by atoms with van der Waals surface area (Å²) in [5.74, 6) is 0.541. The summed E-state index contributed by atoms with van der Waals surface area (Å²) in [7, 11) is 0. The van der Waals surface area contributed by atoms with E-state index < -0.39 is 5.97 Å². The van der Waals surface area contributed by atoms with Crippen molar-refractivity contribution >= 4 is 5.97 Å². The van der Waals surface area contributed by atoms with Crippen LogP contribution in [0.3, 0.4) is 0 Å². The summed E-state index contributed by atoms with van der Waals surface area (Å²) in [6.07, 6.45) is 21.1. The first-order valence-electron chi connectivity index (χ1n) is 10.8. The fourth-order valence-electron chi connectivity index (χ4n) is 4.28. The lowest BCUT2D eigenvalue weighted by molar-refractivity contribution is -0.143. The molecule has 3 rings (SSSR count). The lowest BCUT2D eigenvalue weighted by Crippen LogP contribution is -2.14. The Balaban J connectivity index is 1.09. The molecule has 0 saturated heterocycles. The predicted molar refractivity (Wildman–Crippen MR) is 102 cm³/mol. The lowest BCUT2D eigenvalue weighted by Gasteiger charge is -2.11. The van der Waals surface area contributed by atoms with Gasteiger partial charge in [-0.15, -0.1) is 0 Å². The molecule has 0 aromatic carbocycles. The Hall–Kier alpha value is -1.39. The standard InChI is InChI=1S/C21H35N3O2/c25-19(26)21(15-16-21)12-10-8-6-4-2-1-3-5-7-9-11-20(13-14-20)18-22-17-23-24-18/h17H,1-16H2,(H,25,26)(H,22,23,24). The molecule has 0 aliphatic heterocycles. The Kier molecular flexibility index (Phi) is 6.71. The molecule has 2 N–H and O–H groups in total. The first-order chi connectivity index (χ1) is 12.7. The van der Waals surface area contributed by atoms with Gasteiger partial charge in [0, 0.05) is 5.41 Å².